The number of fused-ring (bicyclic) bond motifs is 6. The van der Waals surface area contributed by atoms with Gasteiger partial charge in [0.25, 0.3) is 0 Å². The lowest BCUT2D eigenvalue weighted by molar-refractivity contribution is 0.669. The second kappa shape index (κ2) is 5.38. The molecular weight excluding hydrogens is 354 g/mol. The molecule has 2 heterocycles. The van der Waals surface area contributed by atoms with E-state index in [4.69, 9.17) is 16.0 Å². The predicted molar refractivity (Wildman–Crippen MR) is 113 cm³/mol. The van der Waals surface area contributed by atoms with Gasteiger partial charge in [0.15, 0.2) is 0 Å². The van der Waals surface area contributed by atoms with Gasteiger partial charge in [0, 0.05) is 38.3 Å². The number of halogens is 1. The lowest BCUT2D eigenvalue weighted by atomic mass is 10.1. The zero-order valence-corrected chi connectivity index (χ0v) is 15.1. The summed E-state index contributed by atoms with van der Waals surface area (Å²) in [4.78, 5) is 0. The van der Waals surface area contributed by atoms with E-state index < -0.39 is 0 Å². The van der Waals surface area contributed by atoms with Crippen LogP contribution >= 0.6 is 11.6 Å². The molecule has 0 saturated heterocycles. The minimum atomic E-state index is 0.742. The van der Waals surface area contributed by atoms with Crippen molar-refractivity contribution in [2.45, 2.75) is 0 Å². The van der Waals surface area contributed by atoms with Gasteiger partial charge in [-0.15, -0.1) is 0 Å². The Kier molecular flexibility index (Phi) is 2.97. The normalized spacial score (nSPS) is 11.9. The molecule has 0 atom stereocenters. The molecular formula is C24H14ClNO. The van der Waals surface area contributed by atoms with Crippen LogP contribution in [0, 0.1) is 0 Å². The first-order valence-electron chi connectivity index (χ1n) is 8.90. The molecule has 2 aromatic heterocycles. The van der Waals surface area contributed by atoms with Crippen molar-refractivity contribution in [2.24, 2.45) is 0 Å². The van der Waals surface area contributed by atoms with Crippen LogP contribution < -0.4 is 0 Å². The van der Waals surface area contributed by atoms with Gasteiger partial charge >= 0.3 is 0 Å². The largest absolute Gasteiger partial charge is 0.456 e. The van der Waals surface area contributed by atoms with Gasteiger partial charge in [-0.3, -0.25) is 0 Å². The Bertz CT molecular complexity index is 1470. The van der Waals surface area contributed by atoms with Crippen LogP contribution in [0.1, 0.15) is 0 Å². The van der Waals surface area contributed by atoms with Crippen molar-refractivity contribution < 1.29 is 4.42 Å². The Labute approximate surface area is 160 Å². The zero-order chi connectivity index (χ0) is 18.0. The molecule has 3 heteroatoms. The number of nitrogens with zero attached hydrogens (tertiary/aromatic N) is 1. The summed E-state index contributed by atoms with van der Waals surface area (Å²) < 4.78 is 8.40. The number of hydrogen-bond acceptors (Lipinski definition) is 1. The van der Waals surface area contributed by atoms with Gasteiger partial charge in [0.2, 0.25) is 0 Å². The van der Waals surface area contributed by atoms with Crippen LogP contribution in [-0.4, -0.2) is 4.57 Å². The summed E-state index contributed by atoms with van der Waals surface area (Å²) in [6.07, 6.45) is 0. The highest BCUT2D eigenvalue weighted by Gasteiger charge is 2.16. The number of para-hydroxylation sites is 2. The van der Waals surface area contributed by atoms with Crippen molar-refractivity contribution in [3.05, 3.63) is 90.0 Å². The van der Waals surface area contributed by atoms with E-state index >= 15 is 0 Å². The summed E-state index contributed by atoms with van der Waals surface area (Å²) in [6, 6.07) is 29.0. The zero-order valence-electron chi connectivity index (χ0n) is 14.3. The topological polar surface area (TPSA) is 18.1 Å². The summed E-state index contributed by atoms with van der Waals surface area (Å²) in [5.41, 5.74) is 5.18. The minimum Gasteiger partial charge on any atom is -0.456 e. The standard InChI is InChI=1S/C24H14ClNO/c25-15-10-11-21-18(12-15)19-13-20-17-8-4-5-9-23(17)27-24(20)14-22(19)26(21)16-6-2-1-3-7-16/h1-14H. The van der Waals surface area contributed by atoms with E-state index in [2.05, 4.69) is 53.1 Å². The van der Waals surface area contributed by atoms with E-state index in [0.29, 0.717) is 0 Å². The van der Waals surface area contributed by atoms with Crippen molar-refractivity contribution in [2.75, 3.05) is 0 Å². The number of rotatable bonds is 1. The molecule has 0 bridgehead atoms. The fourth-order valence-corrected chi connectivity index (χ4v) is 4.24. The van der Waals surface area contributed by atoms with E-state index in [1.54, 1.807) is 0 Å². The Morgan fingerprint density at radius 1 is 0.593 bits per heavy atom. The summed E-state index contributed by atoms with van der Waals surface area (Å²) in [6.45, 7) is 0. The molecule has 6 rings (SSSR count). The van der Waals surface area contributed by atoms with Gasteiger partial charge in [0.1, 0.15) is 11.2 Å². The molecule has 2 nitrogen and oxygen atoms in total. The molecule has 0 aliphatic carbocycles. The third kappa shape index (κ3) is 2.08. The molecule has 0 aliphatic heterocycles. The summed E-state index contributed by atoms with van der Waals surface area (Å²) >= 11 is 6.34. The van der Waals surface area contributed by atoms with Gasteiger partial charge in [-0.25, -0.2) is 0 Å². The highest BCUT2D eigenvalue weighted by molar-refractivity contribution is 6.32. The Morgan fingerprint density at radius 3 is 2.26 bits per heavy atom. The average molecular weight is 368 g/mol. The van der Waals surface area contributed by atoms with Gasteiger partial charge < -0.3 is 8.98 Å². The number of benzene rings is 4. The molecule has 0 N–H and O–H groups in total. The predicted octanol–water partition coefficient (Wildman–Crippen LogP) is 7.34. The van der Waals surface area contributed by atoms with Gasteiger partial charge in [-0.05, 0) is 42.5 Å². The van der Waals surface area contributed by atoms with Crippen LogP contribution in [0.25, 0.3) is 49.4 Å². The third-order valence-electron chi connectivity index (χ3n) is 5.24. The fourth-order valence-electron chi connectivity index (χ4n) is 4.07. The molecule has 27 heavy (non-hydrogen) atoms. The maximum Gasteiger partial charge on any atom is 0.137 e. The molecule has 0 amide bonds. The smallest absolute Gasteiger partial charge is 0.137 e. The number of hydrogen-bond donors (Lipinski definition) is 0. The SMILES string of the molecule is Clc1ccc2c(c1)c1cc3c(cc1n2-c1ccccc1)oc1ccccc13. The number of furan rings is 1. The molecule has 6 aromatic rings. The first-order valence-corrected chi connectivity index (χ1v) is 9.28. The summed E-state index contributed by atoms with van der Waals surface area (Å²) in [7, 11) is 0. The fraction of sp³-hybridized carbons (Fsp3) is 0. The summed E-state index contributed by atoms with van der Waals surface area (Å²) in [5.74, 6) is 0. The van der Waals surface area contributed by atoms with E-state index in [1.165, 1.54) is 5.39 Å². The minimum absolute atomic E-state index is 0.742. The molecule has 0 saturated carbocycles. The van der Waals surface area contributed by atoms with Gasteiger partial charge in [-0.2, -0.15) is 0 Å². The Hall–Kier alpha value is -3.23. The van der Waals surface area contributed by atoms with Gasteiger partial charge in [-0.1, -0.05) is 48.0 Å². The van der Waals surface area contributed by atoms with Crippen LogP contribution in [0.2, 0.25) is 5.02 Å². The lowest BCUT2D eigenvalue weighted by Gasteiger charge is -2.07. The monoisotopic (exact) mass is 367 g/mol. The third-order valence-corrected chi connectivity index (χ3v) is 5.48. The van der Waals surface area contributed by atoms with Gasteiger partial charge in [0.05, 0.1) is 11.0 Å². The lowest BCUT2D eigenvalue weighted by Crippen LogP contribution is -1.92. The maximum atomic E-state index is 6.34. The molecule has 0 unspecified atom stereocenters. The van der Waals surface area contributed by atoms with Crippen molar-refractivity contribution in [3.8, 4) is 5.69 Å². The second-order valence-electron chi connectivity index (χ2n) is 6.80. The average Bonchev–Trinajstić information content (AvgIpc) is 3.21. The van der Waals surface area contributed by atoms with E-state index in [9.17, 15) is 0 Å². The highest BCUT2D eigenvalue weighted by Crippen LogP contribution is 2.38. The highest BCUT2D eigenvalue weighted by atomic mass is 35.5. The quantitative estimate of drug-likeness (QED) is 0.297. The first kappa shape index (κ1) is 14.9. The molecule has 0 aliphatic rings. The van der Waals surface area contributed by atoms with Crippen molar-refractivity contribution in [1.82, 2.24) is 4.57 Å². The van der Waals surface area contributed by atoms with Crippen LogP contribution in [0.5, 0.6) is 0 Å². The van der Waals surface area contributed by atoms with Crippen LogP contribution in [0.4, 0.5) is 0 Å². The maximum absolute atomic E-state index is 6.34. The van der Waals surface area contributed by atoms with Crippen LogP contribution in [0.15, 0.2) is 89.3 Å². The molecule has 0 radical (unpaired) electrons. The number of aromatic nitrogens is 1. The van der Waals surface area contributed by atoms with Crippen LogP contribution in [-0.2, 0) is 0 Å². The molecule has 0 spiro atoms. The van der Waals surface area contributed by atoms with E-state index in [-0.39, 0.29) is 0 Å². The second-order valence-corrected chi connectivity index (χ2v) is 7.23. The van der Waals surface area contributed by atoms with Crippen LogP contribution in [0.3, 0.4) is 0 Å². The first-order chi connectivity index (χ1) is 13.3. The Balaban J connectivity index is 1.85. The molecule has 4 aromatic carbocycles. The molecule has 0 fully saturated rings. The van der Waals surface area contributed by atoms with Crippen molar-refractivity contribution in [3.63, 3.8) is 0 Å². The molecule has 128 valence electrons. The Morgan fingerprint density at radius 2 is 1.37 bits per heavy atom. The van der Waals surface area contributed by atoms with Crippen molar-refractivity contribution in [1.29, 1.82) is 0 Å². The summed E-state index contributed by atoms with van der Waals surface area (Å²) in [5, 5.41) is 5.33. The van der Waals surface area contributed by atoms with Crippen molar-refractivity contribution >= 4 is 55.3 Å². The van der Waals surface area contributed by atoms with E-state index in [1.807, 2.05) is 36.4 Å². The van der Waals surface area contributed by atoms with E-state index in [0.717, 1.165) is 49.1 Å².